The molecule has 1 amide bonds. The number of rotatable bonds is 2. The van der Waals surface area contributed by atoms with Gasteiger partial charge in [-0.25, -0.2) is 17.7 Å². The Balaban J connectivity index is 2.18. The van der Waals surface area contributed by atoms with Crippen LogP contribution in [0.5, 0.6) is 0 Å². The summed E-state index contributed by atoms with van der Waals surface area (Å²) in [6.07, 6.45) is 1.44. The fourth-order valence-corrected chi connectivity index (χ4v) is 4.29. The summed E-state index contributed by atoms with van der Waals surface area (Å²) in [6, 6.07) is 7.85. The van der Waals surface area contributed by atoms with Gasteiger partial charge in [-0.15, -0.1) is 0 Å². The molecule has 9 heteroatoms. The zero-order valence-electron chi connectivity index (χ0n) is 12.4. The van der Waals surface area contributed by atoms with Crippen molar-refractivity contribution in [1.82, 2.24) is 4.98 Å². The molecule has 0 saturated carbocycles. The third-order valence-electron chi connectivity index (χ3n) is 3.60. The molecule has 1 unspecified atom stereocenters. The Morgan fingerprint density at radius 3 is 2.79 bits per heavy atom. The molecule has 7 nitrogen and oxygen atoms in total. The Labute approximate surface area is 143 Å². The number of nitrogens with one attached hydrogen (secondary N) is 1. The number of fused-ring (bicyclic) bond motifs is 1. The molecule has 0 radical (unpaired) electrons. The summed E-state index contributed by atoms with van der Waals surface area (Å²) in [4.78, 5) is 16.1. The van der Waals surface area contributed by atoms with E-state index in [9.17, 15) is 13.2 Å². The maximum Gasteiger partial charge on any atom is 0.266 e. The Morgan fingerprint density at radius 1 is 1.38 bits per heavy atom. The number of carbonyl (C=O) groups is 1. The molecule has 0 bridgehead atoms. The number of pyridine rings is 1. The van der Waals surface area contributed by atoms with E-state index in [-0.39, 0.29) is 21.3 Å². The van der Waals surface area contributed by atoms with E-state index in [1.54, 1.807) is 12.1 Å². The Morgan fingerprint density at radius 2 is 2.12 bits per heavy atom. The molecule has 2 heterocycles. The van der Waals surface area contributed by atoms with Crippen LogP contribution in [0.2, 0.25) is 5.02 Å². The van der Waals surface area contributed by atoms with Gasteiger partial charge in [0.2, 0.25) is 5.91 Å². The van der Waals surface area contributed by atoms with Crippen LogP contribution in [0, 0.1) is 11.3 Å². The van der Waals surface area contributed by atoms with Crippen molar-refractivity contribution in [2.75, 3.05) is 9.62 Å². The number of sulfonamides is 1. The maximum absolute atomic E-state index is 13.0. The highest BCUT2D eigenvalue weighted by atomic mass is 35.5. The Hall–Kier alpha value is -2.63. The number of hydrogen-bond donors (Lipinski definition) is 1. The van der Waals surface area contributed by atoms with Crippen LogP contribution in [0.1, 0.15) is 12.5 Å². The number of hydrogen-bond acceptors (Lipinski definition) is 5. The highest BCUT2D eigenvalue weighted by Crippen LogP contribution is 2.34. The van der Waals surface area contributed by atoms with E-state index in [4.69, 9.17) is 16.9 Å². The van der Waals surface area contributed by atoms with E-state index in [2.05, 4.69) is 10.3 Å². The lowest BCUT2D eigenvalue weighted by Crippen LogP contribution is -2.49. The first-order valence-electron chi connectivity index (χ1n) is 6.86. The van der Waals surface area contributed by atoms with E-state index in [0.717, 1.165) is 4.31 Å². The predicted molar refractivity (Wildman–Crippen MR) is 88.2 cm³/mol. The van der Waals surface area contributed by atoms with Gasteiger partial charge in [0.25, 0.3) is 10.0 Å². The van der Waals surface area contributed by atoms with E-state index < -0.39 is 22.0 Å². The van der Waals surface area contributed by atoms with Crippen LogP contribution in [-0.4, -0.2) is 25.4 Å². The van der Waals surface area contributed by atoms with Gasteiger partial charge in [0.15, 0.2) is 5.82 Å². The third-order valence-corrected chi connectivity index (χ3v) is 5.77. The van der Waals surface area contributed by atoms with Crippen molar-refractivity contribution in [3.05, 3.63) is 47.1 Å². The van der Waals surface area contributed by atoms with Crippen molar-refractivity contribution in [1.29, 1.82) is 5.26 Å². The predicted octanol–water partition coefficient (Wildman–Crippen LogP) is 2.14. The zero-order valence-corrected chi connectivity index (χ0v) is 14.0. The van der Waals surface area contributed by atoms with Crippen molar-refractivity contribution in [3.8, 4) is 6.07 Å². The van der Waals surface area contributed by atoms with E-state index in [1.807, 2.05) is 6.07 Å². The molecule has 3 rings (SSSR count). The van der Waals surface area contributed by atoms with Gasteiger partial charge in [-0.2, -0.15) is 5.26 Å². The standard InChI is InChI=1S/C15H11ClN4O3S/c1-9-15(21)19-13-3-2-6-18-14(13)20(9)24(22,23)11-5-4-10(8-17)12(16)7-11/h2-7,9H,1H3,(H,19,21). The van der Waals surface area contributed by atoms with Gasteiger partial charge in [-0.05, 0) is 37.3 Å². The molecule has 24 heavy (non-hydrogen) atoms. The molecular formula is C15H11ClN4O3S. The highest BCUT2D eigenvalue weighted by Gasteiger charge is 2.39. The average molecular weight is 363 g/mol. The number of nitrogens with zero attached hydrogens (tertiary/aromatic N) is 3. The van der Waals surface area contributed by atoms with E-state index in [1.165, 1.54) is 31.3 Å². The topological polar surface area (TPSA) is 103 Å². The second-order valence-electron chi connectivity index (χ2n) is 5.09. The summed E-state index contributed by atoms with van der Waals surface area (Å²) in [5, 5.41) is 11.5. The van der Waals surface area contributed by atoms with Gasteiger partial charge in [0.05, 0.1) is 21.2 Å². The lowest BCUT2D eigenvalue weighted by molar-refractivity contribution is -0.117. The van der Waals surface area contributed by atoms with Gasteiger partial charge in [0, 0.05) is 6.20 Å². The second kappa shape index (κ2) is 5.78. The van der Waals surface area contributed by atoms with Gasteiger partial charge < -0.3 is 5.32 Å². The first-order valence-corrected chi connectivity index (χ1v) is 8.68. The molecule has 0 aliphatic carbocycles. The van der Waals surface area contributed by atoms with E-state index >= 15 is 0 Å². The fraction of sp³-hybridized carbons (Fsp3) is 0.133. The third kappa shape index (κ3) is 2.48. The molecule has 1 aliphatic rings. The molecule has 2 aromatic rings. The van der Waals surface area contributed by atoms with Crippen LogP contribution in [0.25, 0.3) is 0 Å². The second-order valence-corrected chi connectivity index (χ2v) is 7.32. The summed E-state index contributed by atoms with van der Waals surface area (Å²) >= 11 is 5.94. The number of aromatic nitrogens is 1. The first-order chi connectivity index (χ1) is 11.4. The zero-order chi connectivity index (χ0) is 17.5. The molecular weight excluding hydrogens is 352 g/mol. The lowest BCUT2D eigenvalue weighted by Gasteiger charge is -2.33. The molecule has 1 N–H and O–H groups in total. The number of halogens is 1. The SMILES string of the molecule is CC1C(=O)Nc2cccnc2N1S(=O)(=O)c1ccc(C#N)c(Cl)c1. The summed E-state index contributed by atoms with van der Waals surface area (Å²) in [5.41, 5.74) is 0.475. The summed E-state index contributed by atoms with van der Waals surface area (Å²) in [7, 11) is -4.09. The van der Waals surface area contributed by atoms with Crippen LogP contribution in [0.3, 0.4) is 0 Å². The average Bonchev–Trinajstić information content (AvgIpc) is 2.55. The van der Waals surface area contributed by atoms with Gasteiger partial charge in [-0.1, -0.05) is 11.6 Å². The van der Waals surface area contributed by atoms with Crippen molar-refractivity contribution >= 4 is 39.0 Å². The minimum absolute atomic E-state index is 0.0222. The summed E-state index contributed by atoms with van der Waals surface area (Å²) < 4.78 is 27.0. The minimum Gasteiger partial charge on any atom is -0.321 e. The van der Waals surface area contributed by atoms with Crippen molar-refractivity contribution in [2.45, 2.75) is 17.9 Å². The number of nitriles is 1. The number of anilines is 2. The Kier molecular flexibility index (Phi) is 3.91. The normalized spacial score (nSPS) is 17.0. The largest absolute Gasteiger partial charge is 0.321 e. The van der Waals surface area contributed by atoms with Gasteiger partial charge in [-0.3, -0.25) is 4.79 Å². The molecule has 1 atom stereocenters. The molecule has 0 fully saturated rings. The van der Waals surface area contributed by atoms with E-state index in [0.29, 0.717) is 5.69 Å². The molecule has 1 aromatic heterocycles. The maximum atomic E-state index is 13.0. The smallest absolute Gasteiger partial charge is 0.266 e. The Bertz CT molecular complexity index is 984. The molecule has 1 aromatic carbocycles. The summed E-state index contributed by atoms with van der Waals surface area (Å²) in [6.45, 7) is 1.47. The number of benzene rings is 1. The van der Waals surface area contributed by atoms with Crippen LogP contribution < -0.4 is 9.62 Å². The summed E-state index contributed by atoms with van der Waals surface area (Å²) in [5.74, 6) is -0.330. The molecule has 1 aliphatic heterocycles. The first kappa shape index (κ1) is 16.2. The number of amides is 1. The molecule has 0 spiro atoms. The fourth-order valence-electron chi connectivity index (χ4n) is 2.38. The van der Waals surface area contributed by atoms with Crippen molar-refractivity contribution in [3.63, 3.8) is 0 Å². The van der Waals surface area contributed by atoms with Crippen molar-refractivity contribution in [2.24, 2.45) is 0 Å². The molecule has 0 saturated heterocycles. The van der Waals surface area contributed by atoms with Crippen LogP contribution in [0.15, 0.2) is 41.4 Å². The van der Waals surface area contributed by atoms with Crippen LogP contribution in [-0.2, 0) is 14.8 Å². The minimum atomic E-state index is -4.09. The lowest BCUT2D eigenvalue weighted by atomic mass is 10.2. The highest BCUT2D eigenvalue weighted by molar-refractivity contribution is 7.93. The quantitative estimate of drug-likeness (QED) is 0.881. The monoisotopic (exact) mass is 362 g/mol. The van der Waals surface area contributed by atoms with Crippen LogP contribution >= 0.6 is 11.6 Å². The van der Waals surface area contributed by atoms with Gasteiger partial charge in [0.1, 0.15) is 12.1 Å². The molecule has 122 valence electrons. The van der Waals surface area contributed by atoms with Crippen LogP contribution in [0.4, 0.5) is 11.5 Å². The van der Waals surface area contributed by atoms with Gasteiger partial charge >= 0.3 is 0 Å². The van der Waals surface area contributed by atoms with Crippen molar-refractivity contribution < 1.29 is 13.2 Å². The number of carbonyl (C=O) groups excluding carboxylic acids is 1.